The minimum absolute atomic E-state index is 0.300. The Morgan fingerprint density at radius 3 is 2.38 bits per heavy atom. The minimum atomic E-state index is 0.300. The topological polar surface area (TPSA) is 23.6 Å². The number of carbonyl (C=O) groups is 1. The fraction of sp³-hybridized carbons (Fsp3) is 0.611. The maximum absolute atomic E-state index is 12.9. The number of para-hydroxylation sites is 2. The highest BCUT2D eigenvalue weighted by atomic mass is 16.2. The molecule has 0 bridgehead atoms. The van der Waals surface area contributed by atoms with E-state index < -0.39 is 0 Å². The lowest BCUT2D eigenvalue weighted by molar-refractivity contribution is -0.122. The number of benzene rings is 1. The Hall–Kier alpha value is -1.51. The summed E-state index contributed by atoms with van der Waals surface area (Å²) in [6.45, 7) is 1.88. The Balaban J connectivity index is 1.44. The van der Waals surface area contributed by atoms with Crippen LogP contribution in [0.2, 0.25) is 0 Å². The standard InChI is InChI=1S/C18H22N2O/c21-18(14-10-12-9-13(12)11-14)20-8-7-19(15-5-6-15)16-3-1-2-4-17(16)20/h1-4,12-15H,5-11H2. The first-order valence-corrected chi connectivity index (χ1v) is 8.48. The zero-order valence-corrected chi connectivity index (χ0v) is 12.4. The van der Waals surface area contributed by atoms with Crippen LogP contribution in [-0.2, 0) is 4.79 Å². The quantitative estimate of drug-likeness (QED) is 0.832. The predicted molar refractivity (Wildman–Crippen MR) is 83.5 cm³/mol. The molecular weight excluding hydrogens is 260 g/mol. The van der Waals surface area contributed by atoms with Crippen molar-refractivity contribution >= 4 is 17.3 Å². The highest BCUT2D eigenvalue weighted by Gasteiger charge is 2.49. The molecule has 1 amide bonds. The Labute approximate surface area is 125 Å². The molecule has 2 atom stereocenters. The Morgan fingerprint density at radius 1 is 0.952 bits per heavy atom. The Kier molecular flexibility index (Phi) is 2.44. The van der Waals surface area contributed by atoms with Crippen molar-refractivity contribution < 1.29 is 4.79 Å². The summed E-state index contributed by atoms with van der Waals surface area (Å²) in [7, 11) is 0. The smallest absolute Gasteiger partial charge is 0.230 e. The molecule has 3 fully saturated rings. The van der Waals surface area contributed by atoms with E-state index in [0.29, 0.717) is 11.8 Å². The van der Waals surface area contributed by atoms with Crippen molar-refractivity contribution in [2.24, 2.45) is 17.8 Å². The van der Waals surface area contributed by atoms with Crippen molar-refractivity contribution in [2.75, 3.05) is 22.9 Å². The van der Waals surface area contributed by atoms with Crippen LogP contribution < -0.4 is 9.80 Å². The van der Waals surface area contributed by atoms with Crippen LogP contribution >= 0.6 is 0 Å². The number of hydrogen-bond donors (Lipinski definition) is 0. The highest BCUT2D eigenvalue weighted by molar-refractivity contribution is 5.99. The van der Waals surface area contributed by atoms with Gasteiger partial charge < -0.3 is 9.80 Å². The van der Waals surface area contributed by atoms with E-state index in [0.717, 1.165) is 49.5 Å². The third-order valence-electron chi connectivity index (χ3n) is 5.89. The van der Waals surface area contributed by atoms with E-state index in [4.69, 9.17) is 0 Å². The molecule has 3 heteroatoms. The number of hydrogen-bond acceptors (Lipinski definition) is 2. The van der Waals surface area contributed by atoms with E-state index in [1.165, 1.54) is 24.9 Å². The molecule has 2 unspecified atom stereocenters. The lowest BCUT2D eigenvalue weighted by Gasteiger charge is -2.39. The average Bonchev–Trinajstić information content (AvgIpc) is 3.45. The summed E-state index contributed by atoms with van der Waals surface area (Å²) in [4.78, 5) is 17.5. The van der Waals surface area contributed by atoms with Gasteiger partial charge in [-0.3, -0.25) is 4.79 Å². The number of amides is 1. The summed E-state index contributed by atoms with van der Waals surface area (Å²) >= 11 is 0. The Morgan fingerprint density at radius 2 is 1.67 bits per heavy atom. The largest absolute Gasteiger partial charge is 0.365 e. The van der Waals surface area contributed by atoms with Crippen molar-refractivity contribution in [3.8, 4) is 0 Å². The summed E-state index contributed by atoms with van der Waals surface area (Å²) in [5, 5.41) is 0. The number of nitrogens with zero attached hydrogens (tertiary/aromatic N) is 2. The van der Waals surface area contributed by atoms with Crippen molar-refractivity contribution in [3.05, 3.63) is 24.3 Å². The van der Waals surface area contributed by atoms with Crippen LogP contribution in [0.5, 0.6) is 0 Å². The maximum atomic E-state index is 12.9. The van der Waals surface area contributed by atoms with Crippen molar-refractivity contribution in [1.29, 1.82) is 0 Å². The first-order chi connectivity index (χ1) is 10.3. The van der Waals surface area contributed by atoms with E-state index in [2.05, 4.69) is 34.1 Å². The number of carbonyl (C=O) groups excluding carboxylic acids is 1. The normalized spacial score (nSPS) is 33.6. The fourth-order valence-electron chi connectivity index (χ4n) is 4.52. The molecule has 1 aromatic rings. The summed E-state index contributed by atoms with van der Waals surface area (Å²) in [5.41, 5.74) is 2.43. The first-order valence-electron chi connectivity index (χ1n) is 8.48. The molecule has 1 aliphatic heterocycles. The van der Waals surface area contributed by atoms with Crippen LogP contribution in [0.15, 0.2) is 24.3 Å². The van der Waals surface area contributed by atoms with Crippen LogP contribution in [0.25, 0.3) is 0 Å². The van der Waals surface area contributed by atoms with E-state index in [-0.39, 0.29) is 0 Å². The lowest BCUT2D eigenvalue weighted by Crippen LogP contribution is -2.46. The third kappa shape index (κ3) is 1.90. The molecule has 21 heavy (non-hydrogen) atoms. The molecule has 1 heterocycles. The number of anilines is 2. The fourth-order valence-corrected chi connectivity index (χ4v) is 4.52. The van der Waals surface area contributed by atoms with E-state index >= 15 is 0 Å². The van der Waals surface area contributed by atoms with E-state index in [9.17, 15) is 4.79 Å². The van der Waals surface area contributed by atoms with Gasteiger partial charge in [0.1, 0.15) is 0 Å². The van der Waals surface area contributed by atoms with Crippen LogP contribution in [0.3, 0.4) is 0 Å². The molecule has 110 valence electrons. The van der Waals surface area contributed by atoms with Gasteiger partial charge in [0, 0.05) is 25.0 Å². The third-order valence-corrected chi connectivity index (χ3v) is 5.89. The van der Waals surface area contributed by atoms with Crippen molar-refractivity contribution in [2.45, 2.75) is 38.1 Å². The molecule has 3 nitrogen and oxygen atoms in total. The van der Waals surface area contributed by atoms with Crippen LogP contribution in [0.4, 0.5) is 11.4 Å². The summed E-state index contributed by atoms with van der Waals surface area (Å²) in [6, 6.07) is 9.23. The van der Waals surface area contributed by atoms with Crippen LogP contribution in [0.1, 0.15) is 32.1 Å². The predicted octanol–water partition coefficient (Wildman–Crippen LogP) is 3.05. The minimum Gasteiger partial charge on any atom is -0.365 e. The SMILES string of the molecule is O=C(C1CC2CC2C1)N1CCN(C2CC2)c2ccccc21. The molecule has 0 N–H and O–H groups in total. The summed E-state index contributed by atoms with van der Waals surface area (Å²) in [6.07, 6.45) is 6.31. The molecule has 3 aliphatic carbocycles. The second-order valence-electron chi connectivity index (χ2n) is 7.33. The monoisotopic (exact) mass is 282 g/mol. The zero-order chi connectivity index (χ0) is 14.0. The van der Waals surface area contributed by atoms with Crippen LogP contribution in [0, 0.1) is 17.8 Å². The van der Waals surface area contributed by atoms with Crippen molar-refractivity contribution in [1.82, 2.24) is 0 Å². The zero-order valence-electron chi connectivity index (χ0n) is 12.4. The molecular formula is C18H22N2O. The maximum Gasteiger partial charge on any atom is 0.230 e. The summed E-state index contributed by atoms with van der Waals surface area (Å²) in [5.74, 6) is 2.45. The molecule has 3 saturated carbocycles. The van der Waals surface area contributed by atoms with Gasteiger partial charge in [0.2, 0.25) is 5.91 Å². The van der Waals surface area contributed by atoms with Gasteiger partial charge in [0.25, 0.3) is 0 Å². The molecule has 0 aromatic heterocycles. The lowest BCUT2D eigenvalue weighted by atomic mass is 10.0. The van der Waals surface area contributed by atoms with Gasteiger partial charge in [0.15, 0.2) is 0 Å². The average molecular weight is 282 g/mol. The van der Waals surface area contributed by atoms with E-state index in [1.807, 2.05) is 0 Å². The van der Waals surface area contributed by atoms with Gasteiger partial charge >= 0.3 is 0 Å². The number of fused-ring (bicyclic) bond motifs is 2. The van der Waals surface area contributed by atoms with E-state index in [1.54, 1.807) is 0 Å². The number of rotatable bonds is 2. The van der Waals surface area contributed by atoms with Gasteiger partial charge in [-0.05, 0) is 56.1 Å². The molecule has 0 radical (unpaired) electrons. The van der Waals surface area contributed by atoms with Gasteiger partial charge in [-0.2, -0.15) is 0 Å². The van der Waals surface area contributed by atoms with Gasteiger partial charge in [-0.1, -0.05) is 12.1 Å². The first kappa shape index (κ1) is 12.1. The summed E-state index contributed by atoms with van der Waals surface area (Å²) < 4.78 is 0. The van der Waals surface area contributed by atoms with Gasteiger partial charge in [0.05, 0.1) is 11.4 Å². The van der Waals surface area contributed by atoms with Gasteiger partial charge in [-0.25, -0.2) is 0 Å². The Bertz CT molecular complexity index is 585. The molecule has 1 aromatic carbocycles. The highest BCUT2D eigenvalue weighted by Crippen LogP contribution is 2.55. The molecule has 0 spiro atoms. The second-order valence-corrected chi connectivity index (χ2v) is 7.33. The van der Waals surface area contributed by atoms with Gasteiger partial charge in [-0.15, -0.1) is 0 Å². The van der Waals surface area contributed by atoms with Crippen LogP contribution in [-0.4, -0.2) is 25.0 Å². The molecule has 4 aliphatic rings. The molecule has 5 rings (SSSR count). The van der Waals surface area contributed by atoms with Crippen molar-refractivity contribution in [3.63, 3.8) is 0 Å². The molecule has 0 saturated heterocycles. The second kappa shape index (κ2) is 4.25.